The Balaban J connectivity index is 0.000000151. The molecule has 0 aliphatic heterocycles. The maximum atomic E-state index is 8.23. The monoisotopic (exact) mass is 196 g/mol. The summed E-state index contributed by atoms with van der Waals surface area (Å²) >= 11 is 0. The third kappa shape index (κ3) is 4.58. The second kappa shape index (κ2) is 6.33. The summed E-state index contributed by atoms with van der Waals surface area (Å²) in [5, 5.41) is 8.23. The van der Waals surface area contributed by atoms with E-state index in [9.17, 15) is 0 Å². The molecule has 1 aromatic heterocycles. The lowest BCUT2D eigenvalue weighted by Crippen LogP contribution is -1.75. The van der Waals surface area contributed by atoms with E-state index in [1.54, 1.807) is 24.4 Å². The molecular weight excluding hydrogens is 184 g/mol. The van der Waals surface area contributed by atoms with E-state index in [1.165, 1.54) is 5.56 Å². The van der Waals surface area contributed by atoms with E-state index in [0.717, 1.165) is 0 Å². The fourth-order valence-electron chi connectivity index (χ4n) is 0.963. The van der Waals surface area contributed by atoms with E-state index in [2.05, 4.69) is 24.0 Å². The molecule has 0 saturated carbocycles. The highest BCUT2D eigenvalue weighted by molar-refractivity contribution is 5.18. The number of rotatable bonds is 0. The van der Waals surface area contributed by atoms with Gasteiger partial charge in [-0.2, -0.15) is 5.26 Å². The van der Waals surface area contributed by atoms with Crippen molar-refractivity contribution in [1.82, 2.24) is 4.98 Å². The quantitative estimate of drug-likeness (QED) is 0.649. The van der Waals surface area contributed by atoms with Crippen molar-refractivity contribution in [2.45, 2.75) is 6.92 Å². The molecule has 0 N–H and O–H groups in total. The maximum absolute atomic E-state index is 8.23. The van der Waals surface area contributed by atoms with Crippen molar-refractivity contribution in [2.75, 3.05) is 0 Å². The highest BCUT2D eigenvalue weighted by Gasteiger charge is 1.81. The van der Waals surface area contributed by atoms with Gasteiger partial charge in [-0.1, -0.05) is 42.0 Å². The smallest absolute Gasteiger partial charge is 0.140 e. The molecule has 0 spiro atoms. The zero-order valence-corrected chi connectivity index (χ0v) is 8.59. The van der Waals surface area contributed by atoms with Gasteiger partial charge < -0.3 is 0 Å². The van der Waals surface area contributed by atoms with E-state index >= 15 is 0 Å². The summed E-state index contributed by atoms with van der Waals surface area (Å²) in [5.74, 6) is 0. The number of aryl methyl sites for hydroxylation is 1. The van der Waals surface area contributed by atoms with Crippen molar-refractivity contribution in [3.63, 3.8) is 0 Å². The number of hydrogen-bond donors (Lipinski definition) is 0. The van der Waals surface area contributed by atoms with Gasteiger partial charge in [-0.25, -0.2) is 4.98 Å². The molecule has 0 amide bonds. The summed E-state index contributed by atoms with van der Waals surface area (Å²) < 4.78 is 0. The number of nitriles is 1. The van der Waals surface area contributed by atoms with E-state index in [1.807, 2.05) is 24.3 Å². The van der Waals surface area contributed by atoms with Crippen LogP contribution in [0.2, 0.25) is 0 Å². The lowest BCUT2D eigenvalue weighted by atomic mass is 10.2. The minimum atomic E-state index is 0.465. The summed E-state index contributed by atoms with van der Waals surface area (Å²) in [6.45, 7) is 2.08. The molecule has 15 heavy (non-hydrogen) atoms. The van der Waals surface area contributed by atoms with Crippen LogP contribution in [0.25, 0.3) is 0 Å². The van der Waals surface area contributed by atoms with Crippen LogP contribution in [0.5, 0.6) is 0 Å². The molecule has 74 valence electrons. The Bertz CT molecular complexity index is 415. The summed E-state index contributed by atoms with van der Waals surface area (Å²) in [6.07, 6.45) is 1.60. The zero-order chi connectivity index (χ0) is 10.9. The Morgan fingerprint density at radius 3 is 2.00 bits per heavy atom. The fraction of sp³-hybridized carbons (Fsp3) is 0.0769. The Hall–Kier alpha value is -2.14. The standard InChI is InChI=1S/C7H8.C6H4N2/c1-7-5-3-2-4-6-7;7-5-6-3-1-2-4-8-6/h2-6H,1H3;1-4H. The summed E-state index contributed by atoms with van der Waals surface area (Å²) in [6, 6.07) is 17.4. The molecule has 0 saturated heterocycles. The second-order valence-corrected chi connectivity index (χ2v) is 2.98. The number of pyridine rings is 1. The van der Waals surface area contributed by atoms with Gasteiger partial charge in [0.25, 0.3) is 0 Å². The van der Waals surface area contributed by atoms with Gasteiger partial charge in [0, 0.05) is 6.20 Å². The molecule has 1 heterocycles. The summed E-state index contributed by atoms with van der Waals surface area (Å²) in [5.41, 5.74) is 1.79. The van der Waals surface area contributed by atoms with Crippen LogP contribution in [0, 0.1) is 18.3 Å². The molecule has 2 aromatic rings. The zero-order valence-electron chi connectivity index (χ0n) is 8.59. The molecule has 0 atom stereocenters. The van der Waals surface area contributed by atoms with Crippen molar-refractivity contribution in [3.05, 3.63) is 66.0 Å². The van der Waals surface area contributed by atoms with Gasteiger partial charge in [-0.3, -0.25) is 0 Å². The largest absolute Gasteiger partial charge is 0.246 e. The molecule has 0 unspecified atom stereocenters. The van der Waals surface area contributed by atoms with Crippen LogP contribution in [-0.4, -0.2) is 4.98 Å². The van der Waals surface area contributed by atoms with Crippen LogP contribution in [0.15, 0.2) is 54.7 Å². The molecule has 0 radical (unpaired) electrons. The van der Waals surface area contributed by atoms with Crippen LogP contribution in [0.4, 0.5) is 0 Å². The summed E-state index contributed by atoms with van der Waals surface area (Å²) in [7, 11) is 0. The van der Waals surface area contributed by atoms with Crippen molar-refractivity contribution < 1.29 is 0 Å². The Kier molecular flexibility index (Phi) is 4.62. The van der Waals surface area contributed by atoms with E-state index in [0.29, 0.717) is 5.69 Å². The van der Waals surface area contributed by atoms with Gasteiger partial charge in [0.05, 0.1) is 0 Å². The van der Waals surface area contributed by atoms with Gasteiger partial charge in [0.15, 0.2) is 0 Å². The van der Waals surface area contributed by atoms with Crippen LogP contribution in [0.3, 0.4) is 0 Å². The van der Waals surface area contributed by atoms with Crippen molar-refractivity contribution in [3.8, 4) is 6.07 Å². The number of hydrogen-bond acceptors (Lipinski definition) is 2. The molecule has 0 aliphatic rings. The fourth-order valence-corrected chi connectivity index (χ4v) is 0.963. The molecule has 2 nitrogen and oxygen atoms in total. The van der Waals surface area contributed by atoms with Crippen LogP contribution in [-0.2, 0) is 0 Å². The summed E-state index contributed by atoms with van der Waals surface area (Å²) in [4.78, 5) is 3.74. The lowest BCUT2D eigenvalue weighted by molar-refractivity contribution is 1.26. The van der Waals surface area contributed by atoms with E-state index < -0.39 is 0 Å². The second-order valence-electron chi connectivity index (χ2n) is 2.98. The van der Waals surface area contributed by atoms with Gasteiger partial charge in [0.2, 0.25) is 0 Å². The molecule has 0 bridgehead atoms. The molecule has 0 aliphatic carbocycles. The molecule has 0 fully saturated rings. The first-order valence-electron chi connectivity index (χ1n) is 4.65. The average molecular weight is 196 g/mol. The maximum Gasteiger partial charge on any atom is 0.140 e. The number of benzene rings is 1. The van der Waals surface area contributed by atoms with Gasteiger partial charge in [0.1, 0.15) is 11.8 Å². The molecule has 2 rings (SSSR count). The Morgan fingerprint density at radius 2 is 1.67 bits per heavy atom. The van der Waals surface area contributed by atoms with E-state index in [-0.39, 0.29) is 0 Å². The minimum absolute atomic E-state index is 0.465. The normalized spacial score (nSPS) is 8.27. The molecule has 2 heteroatoms. The van der Waals surface area contributed by atoms with Gasteiger partial charge >= 0.3 is 0 Å². The Labute approximate surface area is 89.8 Å². The predicted molar refractivity (Wildman–Crippen MR) is 60.1 cm³/mol. The molecular formula is C13H12N2. The van der Waals surface area contributed by atoms with Crippen LogP contribution in [0.1, 0.15) is 11.3 Å². The average Bonchev–Trinajstić information content (AvgIpc) is 2.32. The lowest BCUT2D eigenvalue weighted by Gasteiger charge is -1.82. The van der Waals surface area contributed by atoms with Gasteiger partial charge in [-0.05, 0) is 19.1 Å². The minimum Gasteiger partial charge on any atom is -0.246 e. The first-order chi connectivity index (χ1) is 7.33. The van der Waals surface area contributed by atoms with Gasteiger partial charge in [-0.15, -0.1) is 0 Å². The first kappa shape index (κ1) is 10.9. The predicted octanol–water partition coefficient (Wildman–Crippen LogP) is 2.95. The Morgan fingerprint density at radius 1 is 1.00 bits per heavy atom. The number of aromatic nitrogens is 1. The van der Waals surface area contributed by atoms with Crippen molar-refractivity contribution in [1.29, 1.82) is 5.26 Å². The topological polar surface area (TPSA) is 36.7 Å². The highest BCUT2D eigenvalue weighted by atomic mass is 14.7. The number of nitrogens with zero attached hydrogens (tertiary/aromatic N) is 2. The molecule has 1 aromatic carbocycles. The third-order valence-corrected chi connectivity index (χ3v) is 1.72. The SMILES string of the molecule is Cc1ccccc1.N#Cc1ccccn1. The third-order valence-electron chi connectivity index (χ3n) is 1.72. The van der Waals surface area contributed by atoms with E-state index in [4.69, 9.17) is 5.26 Å². The highest BCUT2D eigenvalue weighted by Crippen LogP contribution is 1.92. The first-order valence-corrected chi connectivity index (χ1v) is 4.65. The van der Waals surface area contributed by atoms with Crippen molar-refractivity contribution in [2.24, 2.45) is 0 Å². The van der Waals surface area contributed by atoms with Crippen molar-refractivity contribution >= 4 is 0 Å². The van der Waals surface area contributed by atoms with Crippen LogP contribution >= 0.6 is 0 Å². The van der Waals surface area contributed by atoms with Crippen LogP contribution < -0.4 is 0 Å².